The molecule has 0 aliphatic heterocycles. The van der Waals surface area contributed by atoms with Crippen molar-refractivity contribution in [3.05, 3.63) is 40.9 Å². The van der Waals surface area contributed by atoms with Crippen molar-refractivity contribution in [3.8, 4) is 10.6 Å². The zero-order valence-electron chi connectivity index (χ0n) is 13.0. The zero-order chi connectivity index (χ0) is 17.3. The van der Waals surface area contributed by atoms with E-state index in [1.165, 1.54) is 23.5 Å². The van der Waals surface area contributed by atoms with Crippen LogP contribution in [0.3, 0.4) is 0 Å². The molecule has 1 aromatic carbocycles. The van der Waals surface area contributed by atoms with E-state index in [1.807, 2.05) is 20.8 Å². The van der Waals surface area contributed by atoms with E-state index in [0.717, 1.165) is 12.1 Å². The quantitative estimate of drug-likeness (QED) is 0.904. The molecule has 23 heavy (non-hydrogen) atoms. The van der Waals surface area contributed by atoms with Crippen molar-refractivity contribution in [2.45, 2.75) is 38.9 Å². The van der Waals surface area contributed by atoms with Crippen molar-refractivity contribution >= 4 is 17.2 Å². The van der Waals surface area contributed by atoms with Crippen LogP contribution in [0.25, 0.3) is 10.6 Å². The minimum Gasteiger partial charge on any atom is -0.351 e. The highest BCUT2D eigenvalue weighted by molar-refractivity contribution is 7.13. The molecule has 1 amide bonds. The number of aromatic nitrogens is 1. The fraction of sp³-hybridized carbons (Fsp3) is 0.375. The zero-order valence-corrected chi connectivity index (χ0v) is 13.8. The molecule has 0 unspecified atom stereocenters. The highest BCUT2D eigenvalue weighted by atomic mass is 32.1. The maximum absolute atomic E-state index is 12.5. The van der Waals surface area contributed by atoms with Gasteiger partial charge >= 0.3 is 6.18 Å². The van der Waals surface area contributed by atoms with Crippen LogP contribution < -0.4 is 5.32 Å². The molecular weight excluding hydrogens is 325 g/mol. The van der Waals surface area contributed by atoms with Crippen LogP contribution in [0.4, 0.5) is 13.2 Å². The minimum atomic E-state index is -4.35. The number of amides is 1. The molecule has 1 aromatic heterocycles. The first kappa shape index (κ1) is 17.5. The van der Waals surface area contributed by atoms with E-state index in [0.29, 0.717) is 16.3 Å². The normalized spacial score (nSPS) is 12.3. The summed E-state index contributed by atoms with van der Waals surface area (Å²) in [6, 6.07) is 4.84. The molecule has 0 aliphatic rings. The maximum atomic E-state index is 12.5. The summed E-state index contributed by atoms with van der Waals surface area (Å²) in [5.74, 6) is -0.137. The van der Waals surface area contributed by atoms with Gasteiger partial charge in [0.1, 0.15) is 5.01 Å². The molecule has 1 N–H and O–H groups in total. The molecule has 0 spiro atoms. The van der Waals surface area contributed by atoms with Gasteiger partial charge in [-0.2, -0.15) is 13.2 Å². The van der Waals surface area contributed by atoms with Crippen molar-refractivity contribution in [1.29, 1.82) is 0 Å². The molecule has 0 aliphatic carbocycles. The Kier molecular flexibility index (Phi) is 4.79. The highest BCUT2D eigenvalue weighted by Crippen LogP contribution is 2.31. The predicted octanol–water partition coefficient (Wildman–Crippen LogP) is 4.29. The van der Waals surface area contributed by atoms with Gasteiger partial charge in [0.25, 0.3) is 0 Å². The molecule has 0 saturated carbocycles. The van der Waals surface area contributed by atoms with Crippen LogP contribution >= 0.6 is 11.3 Å². The first-order valence-electron chi connectivity index (χ1n) is 6.98. The van der Waals surface area contributed by atoms with E-state index in [2.05, 4.69) is 10.3 Å². The van der Waals surface area contributed by atoms with Gasteiger partial charge in [-0.3, -0.25) is 4.79 Å². The molecule has 2 rings (SSSR count). The third-order valence-electron chi connectivity index (χ3n) is 2.87. The summed E-state index contributed by atoms with van der Waals surface area (Å²) >= 11 is 1.30. The van der Waals surface area contributed by atoms with Crippen LogP contribution in [-0.4, -0.2) is 16.4 Å². The van der Waals surface area contributed by atoms with E-state index in [1.54, 1.807) is 5.38 Å². The van der Waals surface area contributed by atoms with Crippen molar-refractivity contribution in [1.82, 2.24) is 10.3 Å². The predicted molar refractivity (Wildman–Crippen MR) is 84.2 cm³/mol. The Bertz CT molecular complexity index is 685. The van der Waals surface area contributed by atoms with E-state index in [-0.39, 0.29) is 17.9 Å². The van der Waals surface area contributed by atoms with Crippen LogP contribution in [0.2, 0.25) is 0 Å². The van der Waals surface area contributed by atoms with E-state index in [9.17, 15) is 18.0 Å². The molecular formula is C16H17F3N2OS. The molecule has 0 radical (unpaired) electrons. The van der Waals surface area contributed by atoms with Gasteiger partial charge in [0, 0.05) is 16.5 Å². The lowest BCUT2D eigenvalue weighted by Gasteiger charge is -2.20. The SMILES string of the molecule is CC(C)(C)NC(=O)Cc1csc(-c2ccc(C(F)(F)F)cc2)n1. The fourth-order valence-corrected chi connectivity index (χ4v) is 2.78. The van der Waals surface area contributed by atoms with Crippen LogP contribution in [0, 0.1) is 0 Å². The van der Waals surface area contributed by atoms with Gasteiger partial charge < -0.3 is 5.32 Å². The Labute approximate surface area is 136 Å². The number of rotatable bonds is 3. The smallest absolute Gasteiger partial charge is 0.351 e. The number of hydrogen-bond acceptors (Lipinski definition) is 3. The van der Waals surface area contributed by atoms with Crippen molar-refractivity contribution in [2.24, 2.45) is 0 Å². The van der Waals surface area contributed by atoms with E-state index < -0.39 is 11.7 Å². The Hall–Kier alpha value is -1.89. The average Bonchev–Trinajstić information content (AvgIpc) is 2.84. The molecule has 1 heterocycles. The summed E-state index contributed by atoms with van der Waals surface area (Å²) in [5, 5.41) is 5.18. The number of hydrogen-bond donors (Lipinski definition) is 1. The molecule has 0 saturated heterocycles. The summed E-state index contributed by atoms with van der Waals surface area (Å²) in [5.41, 5.74) is 0.198. The first-order chi connectivity index (χ1) is 10.5. The molecule has 3 nitrogen and oxygen atoms in total. The average molecular weight is 342 g/mol. The number of alkyl halides is 3. The lowest BCUT2D eigenvalue weighted by molar-refractivity contribution is -0.137. The van der Waals surface area contributed by atoms with Crippen LogP contribution in [0.1, 0.15) is 32.0 Å². The molecule has 2 aromatic rings. The first-order valence-corrected chi connectivity index (χ1v) is 7.85. The number of benzene rings is 1. The van der Waals surface area contributed by atoms with E-state index in [4.69, 9.17) is 0 Å². The molecule has 0 fully saturated rings. The van der Waals surface area contributed by atoms with Gasteiger partial charge in [0.2, 0.25) is 5.91 Å². The summed E-state index contributed by atoms with van der Waals surface area (Å²) < 4.78 is 37.6. The Morgan fingerprint density at radius 3 is 2.30 bits per heavy atom. The second kappa shape index (κ2) is 6.31. The van der Waals surface area contributed by atoms with E-state index >= 15 is 0 Å². The van der Waals surface area contributed by atoms with Gasteiger partial charge in [0.05, 0.1) is 17.7 Å². The second-order valence-corrected chi connectivity index (χ2v) is 7.05. The van der Waals surface area contributed by atoms with Gasteiger partial charge in [-0.05, 0) is 32.9 Å². The van der Waals surface area contributed by atoms with Gasteiger partial charge in [-0.25, -0.2) is 4.98 Å². The van der Waals surface area contributed by atoms with Gasteiger partial charge in [-0.15, -0.1) is 11.3 Å². The van der Waals surface area contributed by atoms with Crippen molar-refractivity contribution < 1.29 is 18.0 Å². The fourth-order valence-electron chi connectivity index (χ4n) is 1.95. The van der Waals surface area contributed by atoms with Gasteiger partial charge in [0.15, 0.2) is 0 Å². The number of nitrogens with one attached hydrogen (secondary N) is 1. The van der Waals surface area contributed by atoms with Crippen molar-refractivity contribution in [3.63, 3.8) is 0 Å². The lowest BCUT2D eigenvalue weighted by atomic mass is 10.1. The molecule has 7 heteroatoms. The Morgan fingerprint density at radius 2 is 1.78 bits per heavy atom. The second-order valence-electron chi connectivity index (χ2n) is 6.19. The Balaban J connectivity index is 2.09. The summed E-state index contributed by atoms with van der Waals surface area (Å²) in [6.07, 6.45) is -4.20. The molecule has 124 valence electrons. The monoisotopic (exact) mass is 342 g/mol. The third-order valence-corrected chi connectivity index (χ3v) is 3.81. The lowest BCUT2D eigenvalue weighted by Crippen LogP contribution is -2.41. The standard InChI is InChI=1S/C16H17F3N2OS/c1-15(2,3)21-13(22)8-12-9-23-14(20-12)10-4-6-11(7-5-10)16(17,18)19/h4-7,9H,8H2,1-3H3,(H,21,22). The number of carbonyl (C=O) groups is 1. The van der Waals surface area contributed by atoms with Crippen LogP contribution in [0.15, 0.2) is 29.6 Å². The molecule has 0 bridgehead atoms. The van der Waals surface area contributed by atoms with Gasteiger partial charge in [-0.1, -0.05) is 12.1 Å². The number of carbonyl (C=O) groups excluding carboxylic acids is 1. The summed E-state index contributed by atoms with van der Waals surface area (Å²) in [7, 11) is 0. The van der Waals surface area contributed by atoms with Crippen LogP contribution in [-0.2, 0) is 17.4 Å². The maximum Gasteiger partial charge on any atom is 0.416 e. The highest BCUT2D eigenvalue weighted by Gasteiger charge is 2.30. The Morgan fingerprint density at radius 1 is 1.17 bits per heavy atom. The summed E-state index contributed by atoms with van der Waals surface area (Å²) in [4.78, 5) is 16.2. The number of nitrogens with zero attached hydrogens (tertiary/aromatic N) is 1. The minimum absolute atomic E-state index is 0.137. The number of thiazole rings is 1. The number of halogens is 3. The largest absolute Gasteiger partial charge is 0.416 e. The summed E-state index contributed by atoms with van der Waals surface area (Å²) in [6.45, 7) is 5.67. The molecule has 0 atom stereocenters. The topological polar surface area (TPSA) is 42.0 Å². The van der Waals surface area contributed by atoms with Crippen molar-refractivity contribution in [2.75, 3.05) is 0 Å². The third kappa shape index (κ3) is 5.06. The van der Waals surface area contributed by atoms with Crippen LogP contribution in [0.5, 0.6) is 0 Å².